The molecule has 0 aliphatic rings. The Morgan fingerprint density at radius 3 is 2.00 bits per heavy atom. The van der Waals surface area contributed by atoms with Gasteiger partial charge in [-0.2, -0.15) is 0 Å². The Labute approximate surface area is 314 Å². The van der Waals surface area contributed by atoms with Crippen molar-refractivity contribution in [1.82, 2.24) is 10.2 Å². The van der Waals surface area contributed by atoms with Gasteiger partial charge < -0.3 is 23.6 Å². The number of hydrogen-bond donors (Lipinski definition) is 2. The van der Waals surface area contributed by atoms with E-state index in [1.807, 2.05) is 6.92 Å². The molecule has 14 heteroatoms. The summed E-state index contributed by atoms with van der Waals surface area (Å²) in [6, 6.07) is 10.9. The van der Waals surface area contributed by atoms with E-state index < -0.39 is 36.4 Å². The van der Waals surface area contributed by atoms with Crippen LogP contribution in [0.2, 0.25) is 51.4 Å². The van der Waals surface area contributed by atoms with Crippen molar-refractivity contribution in [2.24, 2.45) is 5.92 Å². The maximum absolute atomic E-state index is 13.3. The van der Waals surface area contributed by atoms with Crippen LogP contribution in [0.25, 0.3) is 0 Å². The third-order valence-corrected chi connectivity index (χ3v) is 22.3. The lowest BCUT2D eigenvalue weighted by Gasteiger charge is -2.38. The van der Waals surface area contributed by atoms with Gasteiger partial charge in [-0.3, -0.25) is 14.4 Å². The first-order chi connectivity index (χ1) is 22.8. The number of hydrogen-bond acceptors (Lipinski definition) is 8. The lowest BCUT2D eigenvalue weighted by molar-refractivity contribution is -0.137. The zero-order chi connectivity index (χ0) is 37.3. The lowest BCUT2D eigenvalue weighted by atomic mass is 9.93. The Kier molecular flexibility index (Phi) is 21.4. The van der Waals surface area contributed by atoms with Gasteiger partial charge in [0, 0.05) is 33.0 Å². The standard InChI is InChI=1S/C35H64N2O6S3Si3/c1-11-13-25-47(5,6)42-49(9,10)43-48(7,8)26-23-29-19-17-28(18-20-29)21-22-30(34(41)37(3)4)27-31(46-35(44)45-12-2)33(40)36-24-15-14-16-32(38)39/h17-20,30-31H,11-16,21-27H2,1-10H3,(H,36,40)(H,38,39). The number of rotatable bonds is 24. The summed E-state index contributed by atoms with van der Waals surface area (Å²) >= 11 is 8.41. The Bertz CT molecular complexity index is 1190. The molecule has 0 spiro atoms. The topological polar surface area (TPSA) is 105 Å². The molecule has 2 amide bonds. The van der Waals surface area contributed by atoms with E-state index in [0.29, 0.717) is 35.8 Å². The van der Waals surface area contributed by atoms with Crippen LogP contribution >= 0.6 is 35.7 Å². The number of carboxylic acid groups (broad SMARTS) is 1. The summed E-state index contributed by atoms with van der Waals surface area (Å²) in [5.41, 5.74) is 2.45. The molecule has 0 aromatic heterocycles. The number of carboxylic acids is 1. The molecule has 280 valence electrons. The molecule has 0 radical (unpaired) electrons. The summed E-state index contributed by atoms with van der Waals surface area (Å²) in [5.74, 6) is -0.523. The number of amides is 2. The first-order valence-electron chi connectivity index (χ1n) is 17.8. The maximum Gasteiger partial charge on any atom is 0.311 e. The number of carbonyl (C=O) groups excluding carboxylic acids is 2. The summed E-state index contributed by atoms with van der Waals surface area (Å²) in [5, 5.41) is 11.3. The third kappa shape index (κ3) is 20.6. The molecule has 0 fully saturated rings. The number of unbranched alkanes of at least 4 members (excludes halogenated alkanes) is 2. The zero-order valence-electron chi connectivity index (χ0n) is 31.8. The second-order valence-corrected chi connectivity index (χ2v) is 30.8. The van der Waals surface area contributed by atoms with E-state index in [4.69, 9.17) is 25.6 Å². The average Bonchev–Trinajstić information content (AvgIpc) is 2.99. The minimum Gasteiger partial charge on any atom is -0.481 e. The molecular formula is C35H64N2O6S3Si3. The zero-order valence-corrected chi connectivity index (χ0v) is 37.3. The van der Waals surface area contributed by atoms with Gasteiger partial charge in [-0.25, -0.2) is 0 Å². The number of thioether (sulfide) groups is 2. The molecule has 8 nitrogen and oxygen atoms in total. The van der Waals surface area contributed by atoms with E-state index in [2.05, 4.69) is 75.8 Å². The predicted octanol–water partition coefficient (Wildman–Crippen LogP) is 8.71. The van der Waals surface area contributed by atoms with Crippen molar-refractivity contribution in [1.29, 1.82) is 0 Å². The number of aliphatic carboxylic acids is 1. The molecule has 2 unspecified atom stereocenters. The molecule has 2 atom stereocenters. The van der Waals surface area contributed by atoms with Crippen molar-refractivity contribution >= 4 is 82.2 Å². The molecule has 0 heterocycles. The number of thiocarbonyl (C=S) groups is 1. The van der Waals surface area contributed by atoms with Gasteiger partial charge in [-0.1, -0.05) is 74.9 Å². The summed E-state index contributed by atoms with van der Waals surface area (Å²) in [7, 11) is -2.37. The first kappa shape index (κ1) is 46.0. The fraction of sp³-hybridized carbons (Fsp3) is 0.714. The molecule has 0 bridgehead atoms. The van der Waals surface area contributed by atoms with Crippen molar-refractivity contribution in [3.8, 4) is 0 Å². The summed E-state index contributed by atoms with van der Waals surface area (Å²) < 4.78 is 14.2. The van der Waals surface area contributed by atoms with Gasteiger partial charge in [0.1, 0.15) is 3.53 Å². The van der Waals surface area contributed by atoms with Gasteiger partial charge in [0.05, 0.1) is 5.25 Å². The maximum atomic E-state index is 13.3. The van der Waals surface area contributed by atoms with Crippen molar-refractivity contribution in [2.75, 3.05) is 26.4 Å². The smallest absolute Gasteiger partial charge is 0.311 e. The molecule has 0 aliphatic carbocycles. The number of nitrogens with one attached hydrogen (secondary N) is 1. The average molecular weight is 789 g/mol. The molecular weight excluding hydrogens is 725 g/mol. The van der Waals surface area contributed by atoms with Crippen LogP contribution in [0.15, 0.2) is 24.3 Å². The Morgan fingerprint density at radius 2 is 1.47 bits per heavy atom. The van der Waals surface area contributed by atoms with Crippen LogP contribution in [0.5, 0.6) is 0 Å². The van der Waals surface area contributed by atoms with Gasteiger partial charge in [0.15, 0.2) is 16.6 Å². The molecule has 0 aliphatic heterocycles. The van der Waals surface area contributed by atoms with Gasteiger partial charge in [-0.15, -0.1) is 11.8 Å². The second-order valence-electron chi connectivity index (χ2n) is 14.7. The SMILES string of the molecule is CCCC[Si](C)(C)O[Si](C)(C)O[Si](C)(C)CCc1ccc(CCC(CC(SC(=S)SCC)C(=O)NCCCCC(=O)O)C(=O)N(C)C)cc1. The van der Waals surface area contributed by atoms with E-state index in [9.17, 15) is 14.4 Å². The Morgan fingerprint density at radius 1 is 0.898 bits per heavy atom. The van der Waals surface area contributed by atoms with Crippen LogP contribution < -0.4 is 5.32 Å². The summed E-state index contributed by atoms with van der Waals surface area (Å²) in [6.07, 6.45) is 6.27. The Balaban J connectivity index is 2.88. The number of nitrogens with zero attached hydrogens (tertiary/aromatic N) is 1. The summed E-state index contributed by atoms with van der Waals surface area (Å²) in [4.78, 5) is 39.0. The van der Waals surface area contributed by atoms with E-state index in [1.54, 1.807) is 19.0 Å². The first-order valence-corrected chi connectivity index (χ1v) is 29.1. The van der Waals surface area contributed by atoms with Crippen LogP contribution in [0, 0.1) is 5.92 Å². The monoisotopic (exact) mass is 788 g/mol. The molecule has 0 saturated carbocycles. The highest BCUT2D eigenvalue weighted by Gasteiger charge is 2.39. The number of carbonyl (C=O) groups is 3. The van der Waals surface area contributed by atoms with Crippen LogP contribution in [0.1, 0.15) is 69.9 Å². The molecule has 0 saturated heterocycles. The highest BCUT2D eigenvalue weighted by atomic mass is 32.2. The van der Waals surface area contributed by atoms with E-state index in [1.165, 1.54) is 53.5 Å². The van der Waals surface area contributed by atoms with Gasteiger partial charge in [0.2, 0.25) is 11.8 Å². The largest absolute Gasteiger partial charge is 0.481 e. The fourth-order valence-corrected chi connectivity index (χ4v) is 22.6. The quantitative estimate of drug-likeness (QED) is 0.0605. The van der Waals surface area contributed by atoms with Crippen LogP contribution in [-0.2, 0) is 35.5 Å². The van der Waals surface area contributed by atoms with E-state index in [0.717, 1.165) is 24.6 Å². The molecule has 1 rings (SSSR count). The lowest BCUT2D eigenvalue weighted by Crippen LogP contribution is -2.52. The minimum absolute atomic E-state index is 0.00426. The van der Waals surface area contributed by atoms with Gasteiger partial charge >= 0.3 is 14.5 Å². The predicted molar refractivity (Wildman–Crippen MR) is 221 cm³/mol. The van der Waals surface area contributed by atoms with Crippen molar-refractivity contribution in [3.63, 3.8) is 0 Å². The second kappa shape index (κ2) is 22.8. The van der Waals surface area contributed by atoms with Gasteiger partial charge in [0.25, 0.3) is 0 Å². The van der Waals surface area contributed by atoms with Crippen molar-refractivity contribution in [3.05, 3.63) is 35.4 Å². The van der Waals surface area contributed by atoms with Crippen molar-refractivity contribution in [2.45, 2.75) is 128 Å². The minimum atomic E-state index is -2.22. The molecule has 2 N–H and O–H groups in total. The van der Waals surface area contributed by atoms with Crippen molar-refractivity contribution < 1.29 is 27.7 Å². The highest BCUT2D eigenvalue weighted by molar-refractivity contribution is 8.47. The molecule has 49 heavy (non-hydrogen) atoms. The van der Waals surface area contributed by atoms with E-state index >= 15 is 0 Å². The number of benzene rings is 1. The highest BCUT2D eigenvalue weighted by Crippen LogP contribution is 2.30. The fourth-order valence-electron chi connectivity index (χ4n) is 5.88. The van der Waals surface area contributed by atoms with Crippen LogP contribution in [0.3, 0.4) is 0 Å². The van der Waals surface area contributed by atoms with Gasteiger partial charge in [-0.05, 0) is 107 Å². The number of aryl methyl sites for hydroxylation is 2. The summed E-state index contributed by atoms with van der Waals surface area (Å²) in [6.45, 7) is 18.3. The van der Waals surface area contributed by atoms with Crippen LogP contribution in [-0.4, -0.2) is 88.2 Å². The normalized spacial score (nSPS) is 13.5. The van der Waals surface area contributed by atoms with Crippen LogP contribution in [0.4, 0.5) is 0 Å². The molecule has 1 aromatic rings. The van der Waals surface area contributed by atoms with E-state index in [-0.39, 0.29) is 24.2 Å². The Hall–Kier alpha value is -1.01. The molecule has 1 aromatic carbocycles. The third-order valence-electron chi connectivity index (χ3n) is 8.20.